The minimum Gasteiger partial charge on any atom is -0.493 e. The van der Waals surface area contributed by atoms with Gasteiger partial charge in [-0.2, -0.15) is 0 Å². The topological polar surface area (TPSA) is 77.4 Å². The van der Waals surface area contributed by atoms with Crippen LogP contribution in [0.4, 0.5) is 5.69 Å². The molecule has 3 aromatic carbocycles. The van der Waals surface area contributed by atoms with Crippen LogP contribution in [0.1, 0.15) is 21.5 Å². The molecule has 1 aliphatic heterocycles. The van der Waals surface area contributed by atoms with Gasteiger partial charge in [0.15, 0.2) is 16.7 Å². The monoisotopic (exact) mass is 566 g/mol. The molecule has 0 spiro atoms. The van der Waals surface area contributed by atoms with Crippen molar-refractivity contribution in [3.8, 4) is 11.5 Å². The number of benzene rings is 3. The number of thioether (sulfide) groups is 1. The lowest BCUT2D eigenvalue weighted by Crippen LogP contribution is -2.23. The van der Waals surface area contributed by atoms with E-state index in [-0.39, 0.29) is 5.91 Å². The molecule has 1 amide bonds. The van der Waals surface area contributed by atoms with Gasteiger partial charge in [0.1, 0.15) is 6.61 Å². The molecule has 3 aromatic rings. The lowest BCUT2D eigenvalue weighted by Gasteiger charge is -2.11. The highest BCUT2D eigenvalue weighted by Crippen LogP contribution is 2.35. The maximum absolute atomic E-state index is 12.8. The fourth-order valence-corrected chi connectivity index (χ4v) is 4.59. The minimum absolute atomic E-state index is 0.153. The minimum atomic E-state index is -0.415. The third kappa shape index (κ3) is 5.98. The number of methoxy groups -OCH3 is 2. The van der Waals surface area contributed by atoms with Crippen LogP contribution < -0.4 is 9.47 Å². The lowest BCUT2D eigenvalue weighted by molar-refractivity contribution is -0.121. The molecule has 36 heavy (non-hydrogen) atoms. The number of nitrogens with zero attached hydrogens (tertiary/aromatic N) is 2. The van der Waals surface area contributed by atoms with Gasteiger partial charge >= 0.3 is 5.97 Å². The van der Waals surface area contributed by atoms with Gasteiger partial charge in [-0.05, 0) is 77.5 Å². The normalized spacial score (nSPS) is 15.4. The Morgan fingerprint density at radius 2 is 1.75 bits per heavy atom. The standard InChI is InChI=1S/C27H23BrN2O5S/c1-30-25(31)24(36-27(30)29-21-11-7-19(8-12-21)26(32)34-3)15-18-6-13-22(23(14-18)33-2)35-16-17-4-9-20(28)10-5-17/h4-15H,16H2,1-3H3. The molecule has 1 saturated heterocycles. The summed E-state index contributed by atoms with van der Waals surface area (Å²) in [6, 6.07) is 20.1. The van der Waals surface area contributed by atoms with E-state index in [1.165, 1.54) is 23.8 Å². The van der Waals surface area contributed by atoms with Gasteiger partial charge in [0.05, 0.1) is 30.4 Å². The molecule has 0 aliphatic carbocycles. The average molecular weight is 567 g/mol. The number of hydrogen-bond donors (Lipinski definition) is 0. The fourth-order valence-electron chi connectivity index (χ4n) is 3.34. The van der Waals surface area contributed by atoms with Crippen LogP contribution in [0.2, 0.25) is 0 Å². The van der Waals surface area contributed by atoms with Gasteiger partial charge in [-0.1, -0.05) is 34.1 Å². The number of aliphatic imine (C=N–C) groups is 1. The first-order valence-electron chi connectivity index (χ1n) is 10.9. The first-order chi connectivity index (χ1) is 17.4. The first-order valence-corrected chi connectivity index (χ1v) is 12.5. The van der Waals surface area contributed by atoms with E-state index in [0.29, 0.717) is 39.4 Å². The predicted molar refractivity (Wildman–Crippen MR) is 145 cm³/mol. The molecule has 0 unspecified atom stereocenters. The van der Waals surface area contributed by atoms with Crippen molar-refractivity contribution in [2.75, 3.05) is 21.3 Å². The maximum atomic E-state index is 12.8. The van der Waals surface area contributed by atoms with Crippen molar-refractivity contribution in [3.05, 3.63) is 92.8 Å². The highest BCUT2D eigenvalue weighted by molar-refractivity contribution is 9.10. The molecule has 4 rings (SSSR count). The summed E-state index contributed by atoms with van der Waals surface area (Å²) in [5.41, 5.74) is 2.90. The van der Waals surface area contributed by atoms with E-state index in [1.807, 2.05) is 42.5 Å². The van der Waals surface area contributed by atoms with Crippen molar-refractivity contribution in [2.24, 2.45) is 4.99 Å². The zero-order chi connectivity index (χ0) is 25.7. The number of likely N-dealkylation sites (N-methyl/N-ethyl adjacent to an activating group) is 1. The van der Waals surface area contributed by atoms with Crippen molar-refractivity contribution < 1.29 is 23.8 Å². The predicted octanol–water partition coefficient (Wildman–Crippen LogP) is 6.06. The summed E-state index contributed by atoms with van der Waals surface area (Å²) in [6.07, 6.45) is 1.80. The number of hydrogen-bond acceptors (Lipinski definition) is 7. The second-order valence-electron chi connectivity index (χ2n) is 7.73. The van der Waals surface area contributed by atoms with Gasteiger partial charge in [-0.25, -0.2) is 9.79 Å². The van der Waals surface area contributed by atoms with E-state index >= 15 is 0 Å². The number of halogens is 1. The van der Waals surface area contributed by atoms with Crippen LogP contribution in [0.15, 0.2) is 81.1 Å². The van der Waals surface area contributed by atoms with E-state index in [2.05, 4.69) is 20.9 Å². The molecule has 0 bridgehead atoms. The summed E-state index contributed by atoms with van der Waals surface area (Å²) in [6.45, 7) is 0.406. The number of amides is 1. The highest BCUT2D eigenvalue weighted by atomic mass is 79.9. The van der Waals surface area contributed by atoms with E-state index < -0.39 is 5.97 Å². The Morgan fingerprint density at radius 3 is 2.42 bits per heavy atom. The maximum Gasteiger partial charge on any atom is 0.337 e. The van der Waals surface area contributed by atoms with E-state index in [4.69, 9.17) is 14.2 Å². The number of amidine groups is 1. The Hall–Kier alpha value is -3.56. The van der Waals surface area contributed by atoms with Crippen molar-refractivity contribution in [1.29, 1.82) is 0 Å². The Balaban J connectivity index is 1.49. The summed E-state index contributed by atoms with van der Waals surface area (Å²) in [5.74, 6) is 0.620. The number of carbonyl (C=O) groups excluding carboxylic acids is 2. The summed E-state index contributed by atoms with van der Waals surface area (Å²) in [4.78, 5) is 31.0. The largest absolute Gasteiger partial charge is 0.493 e. The number of esters is 1. The SMILES string of the molecule is COC(=O)c1ccc(N=C2SC(=Cc3ccc(OCc4ccc(Br)cc4)c(OC)c3)C(=O)N2C)cc1. The third-order valence-electron chi connectivity index (χ3n) is 5.31. The molecule has 0 N–H and O–H groups in total. The summed E-state index contributed by atoms with van der Waals surface area (Å²) < 4.78 is 17.2. The molecule has 1 heterocycles. The fraction of sp³-hybridized carbons (Fsp3) is 0.148. The van der Waals surface area contributed by atoms with Crippen molar-refractivity contribution in [3.63, 3.8) is 0 Å². The van der Waals surface area contributed by atoms with Crippen LogP contribution in [0.5, 0.6) is 11.5 Å². The van der Waals surface area contributed by atoms with Crippen LogP contribution in [0.3, 0.4) is 0 Å². The average Bonchev–Trinajstić information content (AvgIpc) is 3.16. The second-order valence-corrected chi connectivity index (χ2v) is 9.66. The first kappa shape index (κ1) is 25.5. The van der Waals surface area contributed by atoms with E-state index in [0.717, 1.165) is 15.6 Å². The molecule has 0 radical (unpaired) electrons. The molecule has 0 atom stereocenters. The van der Waals surface area contributed by atoms with Gasteiger partial charge in [0.2, 0.25) is 0 Å². The summed E-state index contributed by atoms with van der Waals surface area (Å²) in [7, 11) is 4.59. The number of rotatable bonds is 7. The van der Waals surface area contributed by atoms with Crippen LogP contribution in [-0.4, -0.2) is 43.2 Å². The molecule has 0 saturated carbocycles. The third-order valence-corrected chi connectivity index (χ3v) is 6.90. The molecule has 0 aromatic heterocycles. The molecule has 1 fully saturated rings. The van der Waals surface area contributed by atoms with E-state index in [9.17, 15) is 9.59 Å². The van der Waals surface area contributed by atoms with Crippen molar-refractivity contribution >= 4 is 56.5 Å². The highest BCUT2D eigenvalue weighted by Gasteiger charge is 2.30. The van der Waals surface area contributed by atoms with Gasteiger partial charge < -0.3 is 14.2 Å². The number of ether oxygens (including phenoxy) is 3. The number of carbonyl (C=O) groups is 2. The van der Waals surface area contributed by atoms with Crippen LogP contribution in [-0.2, 0) is 16.1 Å². The van der Waals surface area contributed by atoms with Gasteiger partial charge in [-0.3, -0.25) is 9.69 Å². The zero-order valence-corrected chi connectivity index (χ0v) is 22.3. The molecule has 184 valence electrons. The lowest BCUT2D eigenvalue weighted by atomic mass is 10.2. The van der Waals surface area contributed by atoms with Crippen LogP contribution >= 0.6 is 27.7 Å². The Morgan fingerprint density at radius 1 is 1.03 bits per heavy atom. The smallest absolute Gasteiger partial charge is 0.337 e. The summed E-state index contributed by atoms with van der Waals surface area (Å²) >= 11 is 4.71. The van der Waals surface area contributed by atoms with Gasteiger partial charge in [-0.15, -0.1) is 0 Å². The summed E-state index contributed by atoms with van der Waals surface area (Å²) in [5, 5.41) is 0.540. The Labute approximate surface area is 221 Å². The molecule has 7 nitrogen and oxygen atoms in total. The zero-order valence-electron chi connectivity index (χ0n) is 19.9. The van der Waals surface area contributed by atoms with Gasteiger partial charge in [0, 0.05) is 11.5 Å². The van der Waals surface area contributed by atoms with Crippen molar-refractivity contribution in [1.82, 2.24) is 4.90 Å². The molecule has 9 heteroatoms. The van der Waals surface area contributed by atoms with Crippen molar-refractivity contribution in [2.45, 2.75) is 6.61 Å². The van der Waals surface area contributed by atoms with Crippen LogP contribution in [0.25, 0.3) is 6.08 Å². The molecular formula is C27H23BrN2O5S. The van der Waals surface area contributed by atoms with E-state index in [1.54, 1.807) is 44.5 Å². The quantitative estimate of drug-likeness (QED) is 0.255. The molecule has 1 aliphatic rings. The van der Waals surface area contributed by atoms with Gasteiger partial charge in [0.25, 0.3) is 5.91 Å². The second kappa shape index (κ2) is 11.5. The van der Waals surface area contributed by atoms with Crippen LogP contribution in [0, 0.1) is 0 Å². The molecular weight excluding hydrogens is 544 g/mol. The Bertz CT molecular complexity index is 1340. The Kier molecular flexibility index (Phi) is 8.12.